The molecule has 0 heterocycles. The Balaban J connectivity index is 3.37. The van der Waals surface area contributed by atoms with E-state index in [0.29, 0.717) is 17.1 Å². The summed E-state index contributed by atoms with van der Waals surface area (Å²) in [6.07, 6.45) is 0. The molecule has 0 aliphatic heterocycles. The van der Waals surface area contributed by atoms with Gasteiger partial charge in [-0.2, -0.15) is 0 Å². The lowest BCUT2D eigenvalue weighted by Crippen LogP contribution is -2.16. The minimum absolute atomic E-state index is 0.0547. The number of hydrogen-bond donors (Lipinski definition) is 1. The third-order valence-corrected chi connectivity index (χ3v) is 2.47. The van der Waals surface area contributed by atoms with Crippen LogP contribution in [0.25, 0.3) is 0 Å². The van der Waals surface area contributed by atoms with Gasteiger partial charge in [-0.3, -0.25) is 4.79 Å². The maximum Gasteiger partial charge on any atom is 0.180 e. The smallest absolute Gasteiger partial charge is 0.180 e. The molecule has 0 aliphatic rings. The lowest BCUT2D eigenvalue weighted by molar-refractivity contribution is 0.0998. The van der Waals surface area contributed by atoms with Gasteiger partial charge in [-0.1, -0.05) is 0 Å². The van der Waals surface area contributed by atoms with Crippen molar-refractivity contribution in [1.29, 1.82) is 0 Å². The number of anilines is 1. The monoisotopic (exact) mass is 238 g/mol. The van der Waals surface area contributed by atoms with E-state index in [0.717, 1.165) is 5.69 Å². The molecule has 94 valence electrons. The number of rotatable bonds is 5. The van der Waals surface area contributed by atoms with Crippen molar-refractivity contribution in [1.82, 2.24) is 0 Å². The van der Waals surface area contributed by atoms with E-state index in [4.69, 9.17) is 15.2 Å². The molecular weight excluding hydrogens is 220 g/mol. The summed E-state index contributed by atoms with van der Waals surface area (Å²) >= 11 is 0. The van der Waals surface area contributed by atoms with Gasteiger partial charge in [0.05, 0.1) is 32.0 Å². The molecule has 0 spiro atoms. The van der Waals surface area contributed by atoms with Crippen molar-refractivity contribution < 1.29 is 14.3 Å². The molecule has 1 rings (SSSR count). The van der Waals surface area contributed by atoms with Crippen LogP contribution in [-0.4, -0.2) is 40.6 Å². The number of carbonyl (C=O) groups is 1. The minimum atomic E-state index is -0.176. The summed E-state index contributed by atoms with van der Waals surface area (Å²) in [6.45, 7) is -0.0547. The standard InChI is InChI=1S/C12H18N2O3/c1-14(2)9-6-11(16-3)8(10(15)7-13)5-12(9)17-4/h5-6H,7,13H2,1-4H3. The third kappa shape index (κ3) is 2.68. The SMILES string of the molecule is COc1cc(N(C)C)c(OC)cc1C(=O)CN. The quantitative estimate of drug-likeness (QED) is 0.772. The van der Waals surface area contributed by atoms with Crippen molar-refractivity contribution in [2.24, 2.45) is 5.73 Å². The van der Waals surface area contributed by atoms with Gasteiger partial charge < -0.3 is 20.1 Å². The first-order valence-electron chi connectivity index (χ1n) is 5.21. The van der Waals surface area contributed by atoms with E-state index >= 15 is 0 Å². The fraction of sp³-hybridized carbons (Fsp3) is 0.417. The molecule has 5 nitrogen and oxygen atoms in total. The molecular formula is C12H18N2O3. The van der Waals surface area contributed by atoms with E-state index in [-0.39, 0.29) is 12.3 Å². The third-order valence-electron chi connectivity index (χ3n) is 2.47. The van der Waals surface area contributed by atoms with Crippen LogP contribution in [0.3, 0.4) is 0 Å². The summed E-state index contributed by atoms with van der Waals surface area (Å²) in [7, 11) is 6.86. The first kappa shape index (κ1) is 13.3. The summed E-state index contributed by atoms with van der Waals surface area (Å²) in [5.41, 5.74) is 6.65. The van der Waals surface area contributed by atoms with E-state index in [1.807, 2.05) is 19.0 Å². The molecule has 0 radical (unpaired) electrons. The molecule has 0 bridgehead atoms. The Labute approximate surface area is 101 Å². The van der Waals surface area contributed by atoms with Gasteiger partial charge in [0.2, 0.25) is 0 Å². The van der Waals surface area contributed by atoms with Crippen LogP contribution in [0.1, 0.15) is 10.4 Å². The fourth-order valence-electron chi connectivity index (χ4n) is 1.56. The number of carbonyl (C=O) groups excluding carboxylic acids is 1. The number of nitrogens with two attached hydrogens (primary N) is 1. The summed E-state index contributed by atoms with van der Waals surface area (Å²) in [5.74, 6) is 0.947. The predicted molar refractivity (Wildman–Crippen MR) is 67.3 cm³/mol. The van der Waals surface area contributed by atoms with Crippen LogP contribution in [0.2, 0.25) is 0 Å². The van der Waals surface area contributed by atoms with Crippen molar-refractivity contribution in [3.05, 3.63) is 17.7 Å². The van der Waals surface area contributed by atoms with Gasteiger partial charge in [0.15, 0.2) is 5.78 Å². The minimum Gasteiger partial charge on any atom is -0.496 e. The molecule has 17 heavy (non-hydrogen) atoms. The zero-order valence-electron chi connectivity index (χ0n) is 10.6. The molecule has 0 aromatic heterocycles. The number of benzene rings is 1. The molecule has 0 unspecified atom stereocenters. The Hall–Kier alpha value is -1.75. The van der Waals surface area contributed by atoms with Crippen molar-refractivity contribution in [3.63, 3.8) is 0 Å². The Bertz CT molecular complexity index is 416. The molecule has 1 aromatic carbocycles. The van der Waals surface area contributed by atoms with Crippen LogP contribution < -0.4 is 20.1 Å². The Morgan fingerprint density at radius 1 is 1.24 bits per heavy atom. The van der Waals surface area contributed by atoms with Gasteiger partial charge in [0.1, 0.15) is 11.5 Å². The van der Waals surface area contributed by atoms with Crippen molar-refractivity contribution in [2.75, 3.05) is 39.8 Å². The van der Waals surface area contributed by atoms with E-state index in [1.54, 1.807) is 19.2 Å². The molecule has 0 saturated carbocycles. The highest BCUT2D eigenvalue weighted by Crippen LogP contribution is 2.34. The van der Waals surface area contributed by atoms with Crippen molar-refractivity contribution in [3.8, 4) is 11.5 Å². The molecule has 0 fully saturated rings. The predicted octanol–water partition coefficient (Wildman–Crippen LogP) is 0.911. The van der Waals surface area contributed by atoms with Crippen LogP contribution in [-0.2, 0) is 0 Å². The zero-order valence-corrected chi connectivity index (χ0v) is 10.6. The summed E-state index contributed by atoms with van der Waals surface area (Å²) in [4.78, 5) is 13.6. The van der Waals surface area contributed by atoms with E-state index in [9.17, 15) is 4.79 Å². The van der Waals surface area contributed by atoms with Gasteiger partial charge in [-0.25, -0.2) is 0 Å². The molecule has 1 aromatic rings. The van der Waals surface area contributed by atoms with Crippen LogP contribution in [0.5, 0.6) is 11.5 Å². The second kappa shape index (κ2) is 5.54. The van der Waals surface area contributed by atoms with Crippen molar-refractivity contribution >= 4 is 11.5 Å². The molecule has 5 heteroatoms. The second-order valence-electron chi connectivity index (χ2n) is 3.75. The van der Waals surface area contributed by atoms with Crippen LogP contribution in [0.4, 0.5) is 5.69 Å². The van der Waals surface area contributed by atoms with Gasteiger partial charge in [0, 0.05) is 20.2 Å². The number of nitrogens with zero attached hydrogens (tertiary/aromatic N) is 1. The Morgan fingerprint density at radius 2 is 1.82 bits per heavy atom. The number of hydrogen-bond acceptors (Lipinski definition) is 5. The van der Waals surface area contributed by atoms with E-state index in [2.05, 4.69) is 0 Å². The maximum atomic E-state index is 11.7. The molecule has 0 saturated heterocycles. The highest BCUT2D eigenvalue weighted by molar-refractivity contribution is 6.01. The number of ether oxygens (including phenoxy) is 2. The first-order valence-corrected chi connectivity index (χ1v) is 5.21. The van der Waals surface area contributed by atoms with Gasteiger partial charge >= 0.3 is 0 Å². The highest BCUT2D eigenvalue weighted by Gasteiger charge is 2.16. The molecule has 0 amide bonds. The first-order chi connectivity index (χ1) is 8.04. The topological polar surface area (TPSA) is 64.8 Å². The number of Topliss-reactive ketones (excluding diaryl/α,β-unsaturated/α-hetero) is 1. The van der Waals surface area contributed by atoms with Gasteiger partial charge in [-0.15, -0.1) is 0 Å². The normalized spacial score (nSPS) is 9.94. The Morgan fingerprint density at radius 3 is 2.24 bits per heavy atom. The number of ketones is 1. The van der Waals surface area contributed by atoms with Crippen LogP contribution in [0, 0.1) is 0 Å². The van der Waals surface area contributed by atoms with Gasteiger partial charge in [-0.05, 0) is 6.07 Å². The summed E-state index contributed by atoms with van der Waals surface area (Å²) in [5, 5.41) is 0. The zero-order chi connectivity index (χ0) is 13.0. The van der Waals surface area contributed by atoms with Gasteiger partial charge in [0.25, 0.3) is 0 Å². The maximum absolute atomic E-state index is 11.7. The van der Waals surface area contributed by atoms with Crippen LogP contribution >= 0.6 is 0 Å². The Kier molecular flexibility index (Phi) is 4.34. The average Bonchev–Trinajstić information content (AvgIpc) is 2.35. The highest BCUT2D eigenvalue weighted by atomic mass is 16.5. The van der Waals surface area contributed by atoms with E-state index in [1.165, 1.54) is 7.11 Å². The lowest BCUT2D eigenvalue weighted by Gasteiger charge is -2.19. The second-order valence-corrected chi connectivity index (χ2v) is 3.75. The molecule has 0 atom stereocenters. The molecule has 0 aliphatic carbocycles. The summed E-state index contributed by atoms with van der Waals surface area (Å²) in [6, 6.07) is 3.42. The van der Waals surface area contributed by atoms with Crippen molar-refractivity contribution in [2.45, 2.75) is 0 Å². The number of methoxy groups -OCH3 is 2. The van der Waals surface area contributed by atoms with E-state index < -0.39 is 0 Å². The average molecular weight is 238 g/mol. The summed E-state index contributed by atoms with van der Waals surface area (Å²) < 4.78 is 10.5. The largest absolute Gasteiger partial charge is 0.496 e. The fourth-order valence-corrected chi connectivity index (χ4v) is 1.56. The lowest BCUT2D eigenvalue weighted by atomic mass is 10.1. The molecule has 2 N–H and O–H groups in total. The van der Waals surface area contributed by atoms with Crippen LogP contribution in [0.15, 0.2) is 12.1 Å².